The smallest absolute Gasteiger partial charge is 0.327 e. The van der Waals surface area contributed by atoms with Crippen LogP contribution in [0.15, 0.2) is 0 Å². The van der Waals surface area contributed by atoms with Crippen LogP contribution in [0.3, 0.4) is 0 Å². The van der Waals surface area contributed by atoms with Gasteiger partial charge in [-0.25, -0.2) is 0 Å². The standard InChI is InChI=1S/C9H16NO5PS/c1-6(17-7(2)11)9(12)10-5-3-4-8(10)16(13,14)15/h6,8H,3-5H2,1-2H3,(H2,13,14,15). The molecule has 0 aromatic rings. The SMILES string of the molecule is CC(=O)SC(C)C(=O)N1CCCC1P(=O)(O)O. The summed E-state index contributed by atoms with van der Waals surface area (Å²) in [5.41, 5.74) is 0. The molecule has 1 aliphatic rings. The molecule has 0 aliphatic carbocycles. The van der Waals surface area contributed by atoms with Crippen LogP contribution in [-0.4, -0.2) is 43.3 Å². The summed E-state index contributed by atoms with van der Waals surface area (Å²) in [5, 5.41) is -0.780. The molecular formula is C9H16NO5PS. The highest BCUT2D eigenvalue weighted by molar-refractivity contribution is 8.14. The fourth-order valence-electron chi connectivity index (χ4n) is 1.89. The summed E-state index contributed by atoms with van der Waals surface area (Å²) in [6.45, 7) is 3.28. The molecule has 0 bridgehead atoms. The topological polar surface area (TPSA) is 94.9 Å². The normalized spacial score (nSPS) is 22.6. The molecule has 2 N–H and O–H groups in total. The third kappa shape index (κ3) is 3.81. The van der Waals surface area contributed by atoms with Gasteiger partial charge in [0.2, 0.25) is 5.91 Å². The van der Waals surface area contributed by atoms with Gasteiger partial charge >= 0.3 is 7.60 Å². The quantitative estimate of drug-likeness (QED) is 0.742. The molecule has 17 heavy (non-hydrogen) atoms. The third-order valence-corrected chi connectivity index (χ3v) is 4.78. The largest absolute Gasteiger partial charge is 0.347 e. The maximum absolute atomic E-state index is 11.9. The number of amides is 1. The van der Waals surface area contributed by atoms with Gasteiger partial charge < -0.3 is 14.7 Å². The van der Waals surface area contributed by atoms with Crippen molar-refractivity contribution in [1.82, 2.24) is 4.90 Å². The van der Waals surface area contributed by atoms with Crippen molar-refractivity contribution in [2.45, 2.75) is 37.7 Å². The number of carbonyl (C=O) groups is 2. The van der Waals surface area contributed by atoms with Crippen molar-refractivity contribution in [1.29, 1.82) is 0 Å². The second-order valence-corrected chi connectivity index (χ2v) is 7.29. The number of hydrogen-bond donors (Lipinski definition) is 2. The summed E-state index contributed by atoms with van der Waals surface area (Å²) in [4.78, 5) is 42.3. The van der Waals surface area contributed by atoms with Crippen molar-refractivity contribution < 1.29 is 23.9 Å². The molecule has 0 radical (unpaired) electrons. The summed E-state index contributed by atoms with van der Waals surface area (Å²) >= 11 is 0.879. The lowest BCUT2D eigenvalue weighted by molar-refractivity contribution is -0.130. The van der Waals surface area contributed by atoms with Crippen LogP contribution >= 0.6 is 19.4 Å². The zero-order chi connectivity index (χ0) is 13.2. The Kier molecular flexibility index (Phi) is 4.77. The molecule has 6 nitrogen and oxygen atoms in total. The number of rotatable bonds is 3. The molecule has 2 unspecified atom stereocenters. The second kappa shape index (κ2) is 5.52. The van der Waals surface area contributed by atoms with Crippen molar-refractivity contribution in [2.75, 3.05) is 6.54 Å². The van der Waals surface area contributed by atoms with Gasteiger partial charge in [0.05, 0.1) is 5.25 Å². The van der Waals surface area contributed by atoms with E-state index >= 15 is 0 Å². The Morgan fingerprint density at radius 2 is 2.06 bits per heavy atom. The van der Waals surface area contributed by atoms with Crippen LogP contribution in [0.5, 0.6) is 0 Å². The minimum absolute atomic E-state index is 0.183. The average Bonchev–Trinajstić information content (AvgIpc) is 2.62. The predicted octanol–water partition coefficient (Wildman–Crippen LogP) is 0.781. The van der Waals surface area contributed by atoms with E-state index in [2.05, 4.69) is 0 Å². The molecule has 2 atom stereocenters. The van der Waals surface area contributed by atoms with Gasteiger partial charge in [-0.2, -0.15) is 0 Å². The van der Waals surface area contributed by atoms with E-state index in [9.17, 15) is 14.2 Å². The Balaban J connectivity index is 2.75. The number of thioether (sulfide) groups is 1. The van der Waals surface area contributed by atoms with E-state index < -0.39 is 18.6 Å². The van der Waals surface area contributed by atoms with Gasteiger partial charge in [-0.15, -0.1) is 0 Å². The molecule has 0 aromatic heterocycles. The first-order valence-corrected chi connectivity index (χ1v) is 7.82. The van der Waals surface area contributed by atoms with Crippen molar-refractivity contribution in [3.05, 3.63) is 0 Å². The maximum Gasteiger partial charge on any atom is 0.347 e. The van der Waals surface area contributed by atoms with E-state index in [1.807, 2.05) is 0 Å². The maximum atomic E-state index is 11.9. The monoisotopic (exact) mass is 281 g/mol. The highest BCUT2D eigenvalue weighted by Crippen LogP contribution is 2.48. The summed E-state index contributed by atoms with van der Waals surface area (Å²) in [6, 6.07) is 0. The van der Waals surface area contributed by atoms with Gasteiger partial charge in [-0.05, 0) is 19.8 Å². The first-order valence-electron chi connectivity index (χ1n) is 5.26. The van der Waals surface area contributed by atoms with Gasteiger partial charge in [-0.3, -0.25) is 14.2 Å². The summed E-state index contributed by atoms with van der Waals surface area (Å²) in [6.07, 6.45) is 0.895. The van der Waals surface area contributed by atoms with E-state index in [1.165, 1.54) is 11.8 Å². The minimum Gasteiger partial charge on any atom is -0.327 e. The van der Waals surface area contributed by atoms with Crippen LogP contribution in [0.1, 0.15) is 26.7 Å². The summed E-state index contributed by atoms with van der Waals surface area (Å²) in [7, 11) is -4.29. The Morgan fingerprint density at radius 3 is 2.53 bits per heavy atom. The van der Waals surface area contributed by atoms with Gasteiger partial charge in [-0.1, -0.05) is 11.8 Å². The lowest BCUT2D eigenvalue weighted by atomic mass is 10.4. The predicted molar refractivity (Wildman–Crippen MR) is 64.5 cm³/mol. The summed E-state index contributed by atoms with van der Waals surface area (Å²) < 4.78 is 11.2. The first-order chi connectivity index (χ1) is 7.73. The van der Waals surface area contributed by atoms with Gasteiger partial charge in [0.1, 0.15) is 5.78 Å². The van der Waals surface area contributed by atoms with E-state index in [-0.39, 0.29) is 11.0 Å². The average molecular weight is 281 g/mol. The fraction of sp³-hybridized carbons (Fsp3) is 0.778. The Hall–Kier alpha value is -0.360. The molecule has 1 rings (SSSR count). The molecule has 1 saturated heterocycles. The zero-order valence-corrected chi connectivity index (χ0v) is 11.4. The highest BCUT2D eigenvalue weighted by Gasteiger charge is 2.41. The second-order valence-electron chi connectivity index (χ2n) is 4.00. The lowest BCUT2D eigenvalue weighted by Crippen LogP contribution is -2.40. The Labute approximate surface area is 104 Å². The number of hydrogen-bond acceptors (Lipinski definition) is 4. The van der Waals surface area contributed by atoms with E-state index in [4.69, 9.17) is 9.79 Å². The molecule has 0 saturated carbocycles. The van der Waals surface area contributed by atoms with E-state index in [1.54, 1.807) is 6.92 Å². The van der Waals surface area contributed by atoms with Crippen LogP contribution < -0.4 is 0 Å². The molecule has 1 fully saturated rings. The molecule has 98 valence electrons. The van der Waals surface area contributed by atoms with Gasteiger partial charge in [0.15, 0.2) is 5.12 Å². The molecule has 1 heterocycles. The van der Waals surface area contributed by atoms with Crippen molar-refractivity contribution in [3.63, 3.8) is 0 Å². The Morgan fingerprint density at radius 1 is 1.47 bits per heavy atom. The fourth-order valence-corrected chi connectivity index (χ4v) is 3.73. The van der Waals surface area contributed by atoms with Crippen LogP contribution in [-0.2, 0) is 14.2 Å². The van der Waals surface area contributed by atoms with Crippen LogP contribution in [0.4, 0.5) is 0 Å². The molecule has 1 aliphatic heterocycles. The van der Waals surface area contributed by atoms with Crippen LogP contribution in [0.2, 0.25) is 0 Å². The highest BCUT2D eigenvalue weighted by atomic mass is 32.2. The molecule has 8 heteroatoms. The molecular weight excluding hydrogens is 265 g/mol. The number of likely N-dealkylation sites (tertiary alicyclic amines) is 1. The lowest BCUT2D eigenvalue weighted by Gasteiger charge is -2.27. The van der Waals surface area contributed by atoms with Crippen molar-refractivity contribution >= 4 is 30.4 Å². The molecule has 0 spiro atoms. The summed E-state index contributed by atoms with van der Waals surface area (Å²) in [5.74, 6) is -1.40. The third-order valence-electron chi connectivity index (χ3n) is 2.58. The van der Waals surface area contributed by atoms with Crippen LogP contribution in [0.25, 0.3) is 0 Å². The molecule has 0 aromatic carbocycles. The minimum atomic E-state index is -4.29. The van der Waals surface area contributed by atoms with E-state index in [0.29, 0.717) is 19.4 Å². The van der Waals surface area contributed by atoms with E-state index in [0.717, 1.165) is 11.8 Å². The number of carbonyl (C=O) groups excluding carboxylic acids is 2. The molecule has 1 amide bonds. The van der Waals surface area contributed by atoms with Gasteiger partial charge in [0, 0.05) is 13.5 Å². The van der Waals surface area contributed by atoms with Crippen molar-refractivity contribution in [3.8, 4) is 0 Å². The van der Waals surface area contributed by atoms with Crippen LogP contribution in [0, 0.1) is 0 Å². The number of nitrogens with zero attached hydrogens (tertiary/aromatic N) is 1. The zero-order valence-electron chi connectivity index (χ0n) is 9.70. The first kappa shape index (κ1) is 14.7. The van der Waals surface area contributed by atoms with Crippen molar-refractivity contribution in [2.24, 2.45) is 0 Å². The van der Waals surface area contributed by atoms with Gasteiger partial charge in [0.25, 0.3) is 0 Å². The Bertz CT molecular complexity index is 368.